The number of nitrogens with one attached hydrogen (secondary N) is 2. The van der Waals surface area contributed by atoms with Crippen LogP contribution in [0.15, 0.2) is 42.5 Å². The van der Waals surface area contributed by atoms with Crippen LogP contribution in [0, 0.1) is 0 Å². The minimum atomic E-state index is -0.735. The molecule has 1 saturated heterocycles. The van der Waals surface area contributed by atoms with Crippen LogP contribution in [0.25, 0.3) is 0 Å². The third kappa shape index (κ3) is 4.63. The highest BCUT2D eigenvalue weighted by molar-refractivity contribution is 6.09. The molecular formula is C24H26N4O5. The van der Waals surface area contributed by atoms with Gasteiger partial charge < -0.3 is 25.0 Å². The van der Waals surface area contributed by atoms with Crippen LogP contribution >= 0.6 is 0 Å². The van der Waals surface area contributed by atoms with Crippen LogP contribution in [0.3, 0.4) is 0 Å². The first kappa shape index (κ1) is 21.3. The highest BCUT2D eigenvalue weighted by Crippen LogP contribution is 2.32. The lowest BCUT2D eigenvalue weighted by Crippen LogP contribution is -2.49. The molecule has 3 aliphatic rings. The summed E-state index contributed by atoms with van der Waals surface area (Å²) in [6, 6.07) is 12.1. The van der Waals surface area contributed by atoms with Crippen LogP contribution in [0.1, 0.15) is 28.8 Å². The fourth-order valence-electron chi connectivity index (χ4n) is 4.39. The van der Waals surface area contributed by atoms with Crippen molar-refractivity contribution < 1.29 is 23.9 Å². The second-order valence-electron chi connectivity index (χ2n) is 8.44. The molecule has 9 heteroatoms. The number of hydrogen-bond acceptors (Lipinski definition) is 6. The Kier molecular flexibility index (Phi) is 5.87. The summed E-state index contributed by atoms with van der Waals surface area (Å²) in [5.41, 5.74) is 2.07. The molecule has 0 bridgehead atoms. The van der Waals surface area contributed by atoms with E-state index in [1.165, 1.54) is 0 Å². The van der Waals surface area contributed by atoms with Gasteiger partial charge in [-0.15, -0.1) is 0 Å². The lowest BCUT2D eigenvalue weighted by atomic mass is 10.1. The van der Waals surface area contributed by atoms with Crippen molar-refractivity contribution in [3.8, 4) is 11.5 Å². The quantitative estimate of drug-likeness (QED) is 0.718. The number of amides is 3. The zero-order valence-corrected chi connectivity index (χ0v) is 18.2. The number of carbonyl (C=O) groups is 3. The van der Waals surface area contributed by atoms with E-state index in [0.717, 1.165) is 36.7 Å². The van der Waals surface area contributed by atoms with Crippen molar-refractivity contribution in [2.45, 2.75) is 25.4 Å². The van der Waals surface area contributed by atoms with Crippen LogP contribution in [0.5, 0.6) is 11.5 Å². The second kappa shape index (κ2) is 9.11. The predicted octanol–water partition coefficient (Wildman–Crippen LogP) is 1.59. The average Bonchev–Trinajstić information content (AvgIpc) is 3.25. The molecule has 0 unspecified atom stereocenters. The summed E-state index contributed by atoms with van der Waals surface area (Å²) < 4.78 is 10.8. The van der Waals surface area contributed by atoms with Crippen LogP contribution in [0.2, 0.25) is 0 Å². The summed E-state index contributed by atoms with van der Waals surface area (Å²) >= 11 is 0. The van der Waals surface area contributed by atoms with Crippen LogP contribution in [-0.2, 0) is 16.1 Å². The normalized spacial score (nSPS) is 20.0. The average molecular weight is 450 g/mol. The smallest absolute Gasteiger partial charge is 0.254 e. The number of hydrogen-bond donors (Lipinski definition) is 2. The third-order valence-electron chi connectivity index (χ3n) is 6.27. The summed E-state index contributed by atoms with van der Waals surface area (Å²) in [4.78, 5) is 41.9. The third-order valence-corrected chi connectivity index (χ3v) is 6.27. The molecule has 3 amide bonds. The molecule has 2 aromatic rings. The molecular weight excluding hydrogens is 424 g/mol. The van der Waals surface area contributed by atoms with Gasteiger partial charge in [0.15, 0.2) is 11.5 Å². The highest BCUT2D eigenvalue weighted by Gasteiger charge is 2.29. The number of fused-ring (bicyclic) bond motifs is 2. The highest BCUT2D eigenvalue weighted by atomic mass is 16.7. The summed E-state index contributed by atoms with van der Waals surface area (Å²) in [6.07, 6.45) is 0.471. The molecule has 0 aliphatic carbocycles. The number of nitrogens with zero attached hydrogens (tertiary/aromatic N) is 2. The van der Waals surface area contributed by atoms with Gasteiger partial charge in [-0.3, -0.25) is 19.3 Å². The Labute approximate surface area is 191 Å². The van der Waals surface area contributed by atoms with Gasteiger partial charge in [0.05, 0.1) is 11.3 Å². The zero-order chi connectivity index (χ0) is 22.8. The number of carbonyl (C=O) groups excluding carboxylic acids is 3. The number of piperazine rings is 1. The van der Waals surface area contributed by atoms with E-state index in [2.05, 4.69) is 15.5 Å². The van der Waals surface area contributed by atoms with Gasteiger partial charge in [-0.2, -0.15) is 0 Å². The van der Waals surface area contributed by atoms with Crippen molar-refractivity contribution in [3.05, 3.63) is 53.6 Å². The SMILES string of the molecule is O=C1N[C@@H](CCC(=O)N2CCN(Cc3ccc4c(c3)OCO4)CC2)C(=O)Nc2ccccc21. The predicted molar refractivity (Wildman–Crippen MR) is 120 cm³/mol. The lowest BCUT2D eigenvalue weighted by Gasteiger charge is -2.35. The van der Waals surface area contributed by atoms with E-state index in [0.29, 0.717) is 24.3 Å². The Bertz CT molecular complexity index is 1080. The van der Waals surface area contributed by atoms with Crippen LogP contribution in [-0.4, -0.2) is 66.5 Å². The van der Waals surface area contributed by atoms with Gasteiger partial charge in [0, 0.05) is 39.1 Å². The molecule has 0 aromatic heterocycles. The fourth-order valence-corrected chi connectivity index (χ4v) is 4.39. The van der Waals surface area contributed by atoms with Crippen molar-refractivity contribution in [3.63, 3.8) is 0 Å². The molecule has 0 spiro atoms. The van der Waals surface area contributed by atoms with Crippen molar-refractivity contribution in [2.24, 2.45) is 0 Å². The number of ether oxygens (including phenoxy) is 2. The summed E-state index contributed by atoms with van der Waals surface area (Å²) in [7, 11) is 0. The largest absolute Gasteiger partial charge is 0.454 e. The van der Waals surface area contributed by atoms with Gasteiger partial charge >= 0.3 is 0 Å². The zero-order valence-electron chi connectivity index (χ0n) is 18.2. The first-order chi connectivity index (χ1) is 16.1. The fraction of sp³-hybridized carbons (Fsp3) is 0.375. The maximum atomic E-state index is 12.8. The molecule has 0 saturated carbocycles. The van der Waals surface area contributed by atoms with Crippen molar-refractivity contribution in [1.29, 1.82) is 0 Å². The van der Waals surface area contributed by atoms with E-state index in [4.69, 9.17) is 9.47 Å². The lowest BCUT2D eigenvalue weighted by molar-refractivity contribution is -0.133. The molecule has 0 radical (unpaired) electrons. The molecule has 2 N–H and O–H groups in total. The van der Waals surface area contributed by atoms with E-state index < -0.39 is 6.04 Å². The van der Waals surface area contributed by atoms with Crippen molar-refractivity contribution >= 4 is 23.4 Å². The van der Waals surface area contributed by atoms with Crippen LogP contribution < -0.4 is 20.1 Å². The van der Waals surface area contributed by atoms with E-state index >= 15 is 0 Å². The van der Waals surface area contributed by atoms with E-state index in [-0.39, 0.29) is 37.4 Å². The Morgan fingerprint density at radius 3 is 2.64 bits per heavy atom. The van der Waals surface area contributed by atoms with Gasteiger partial charge in [0.2, 0.25) is 18.6 Å². The summed E-state index contributed by atoms with van der Waals surface area (Å²) in [5.74, 6) is 0.949. The van der Waals surface area contributed by atoms with Crippen molar-refractivity contribution in [1.82, 2.24) is 15.1 Å². The minimum absolute atomic E-state index is 0.00143. The van der Waals surface area contributed by atoms with E-state index in [9.17, 15) is 14.4 Å². The van der Waals surface area contributed by atoms with Gasteiger partial charge in [0.1, 0.15) is 6.04 Å². The summed E-state index contributed by atoms with van der Waals surface area (Å²) in [5, 5.41) is 5.53. The number of rotatable bonds is 5. The Morgan fingerprint density at radius 2 is 1.79 bits per heavy atom. The molecule has 3 aliphatic heterocycles. The van der Waals surface area contributed by atoms with E-state index in [1.54, 1.807) is 24.3 Å². The Balaban J connectivity index is 1.10. The molecule has 1 fully saturated rings. The molecule has 1 atom stereocenters. The maximum absolute atomic E-state index is 12.8. The molecule has 3 heterocycles. The molecule has 5 rings (SSSR count). The standard InChI is InChI=1S/C24H26N4O5/c29-22(8-6-19-24(31)25-18-4-2-1-3-17(18)23(30)26-19)28-11-9-27(10-12-28)14-16-5-7-20-21(13-16)33-15-32-20/h1-5,7,13,19H,6,8-12,14-15H2,(H,25,31)(H,26,30)/t19-/m0/s1. The first-order valence-electron chi connectivity index (χ1n) is 11.2. The topological polar surface area (TPSA) is 100 Å². The number of para-hydroxylation sites is 1. The Morgan fingerprint density at radius 1 is 1.00 bits per heavy atom. The number of benzene rings is 2. The van der Waals surface area contributed by atoms with Crippen LogP contribution in [0.4, 0.5) is 5.69 Å². The molecule has 33 heavy (non-hydrogen) atoms. The van der Waals surface area contributed by atoms with Gasteiger partial charge in [0.25, 0.3) is 5.91 Å². The molecule has 172 valence electrons. The van der Waals surface area contributed by atoms with Gasteiger partial charge in [-0.05, 0) is 36.2 Å². The second-order valence-corrected chi connectivity index (χ2v) is 8.44. The molecule has 2 aromatic carbocycles. The van der Waals surface area contributed by atoms with Gasteiger partial charge in [-0.1, -0.05) is 18.2 Å². The maximum Gasteiger partial charge on any atom is 0.254 e. The molecule has 9 nitrogen and oxygen atoms in total. The minimum Gasteiger partial charge on any atom is -0.454 e. The van der Waals surface area contributed by atoms with Crippen molar-refractivity contribution in [2.75, 3.05) is 38.3 Å². The first-order valence-corrected chi connectivity index (χ1v) is 11.2. The Hall–Kier alpha value is -3.59. The van der Waals surface area contributed by atoms with Gasteiger partial charge in [-0.25, -0.2) is 0 Å². The number of anilines is 1. The summed E-state index contributed by atoms with van der Waals surface area (Å²) in [6.45, 7) is 3.87. The van der Waals surface area contributed by atoms with E-state index in [1.807, 2.05) is 23.1 Å². The monoisotopic (exact) mass is 450 g/mol.